The summed E-state index contributed by atoms with van der Waals surface area (Å²) in [4.78, 5) is 8.74. The van der Waals surface area contributed by atoms with Crippen molar-refractivity contribution in [2.45, 2.75) is 6.92 Å². The number of fused-ring (bicyclic) bond motifs is 1. The molecule has 0 spiro atoms. The lowest BCUT2D eigenvalue weighted by Crippen LogP contribution is -1.98. The molecule has 0 bridgehead atoms. The molecule has 0 radical (unpaired) electrons. The van der Waals surface area contributed by atoms with Crippen molar-refractivity contribution in [1.82, 2.24) is 9.97 Å². The van der Waals surface area contributed by atoms with Gasteiger partial charge in [0.15, 0.2) is 5.75 Å². The first kappa shape index (κ1) is 15.0. The predicted molar refractivity (Wildman–Crippen MR) is 87.1 cm³/mol. The van der Waals surface area contributed by atoms with Crippen LogP contribution >= 0.6 is 0 Å². The standard InChI is InChI=1S/C17H16FN3O2/c1-10-12(18)5-4-6-13(10)20-11-7-15-14(19-9-11)8-16(22-2)17(21-15)23-3/h4-9,20H,1-3H3. The number of ether oxygens (including phenoxy) is 2. The fraction of sp³-hybridized carbons (Fsp3) is 0.176. The number of nitrogens with one attached hydrogen (secondary N) is 1. The summed E-state index contributed by atoms with van der Waals surface area (Å²) in [7, 11) is 3.08. The molecule has 2 aromatic heterocycles. The highest BCUT2D eigenvalue weighted by atomic mass is 19.1. The van der Waals surface area contributed by atoms with Gasteiger partial charge in [-0.2, -0.15) is 0 Å². The number of rotatable bonds is 4. The summed E-state index contributed by atoms with van der Waals surface area (Å²) in [5.74, 6) is 0.656. The molecular formula is C17H16FN3O2. The van der Waals surface area contributed by atoms with Gasteiger partial charge >= 0.3 is 0 Å². The fourth-order valence-corrected chi connectivity index (χ4v) is 2.27. The first-order chi connectivity index (χ1) is 11.1. The van der Waals surface area contributed by atoms with E-state index in [1.165, 1.54) is 13.2 Å². The molecule has 0 atom stereocenters. The fourth-order valence-electron chi connectivity index (χ4n) is 2.27. The number of pyridine rings is 2. The van der Waals surface area contributed by atoms with Crippen LogP contribution in [0.2, 0.25) is 0 Å². The quantitative estimate of drug-likeness (QED) is 0.793. The molecule has 6 heteroatoms. The summed E-state index contributed by atoms with van der Waals surface area (Å²) >= 11 is 0. The monoisotopic (exact) mass is 313 g/mol. The van der Waals surface area contributed by atoms with Crippen LogP contribution in [0.3, 0.4) is 0 Å². The van der Waals surface area contributed by atoms with Crippen LogP contribution in [0, 0.1) is 12.7 Å². The zero-order valence-electron chi connectivity index (χ0n) is 13.1. The lowest BCUT2D eigenvalue weighted by molar-refractivity contribution is 0.344. The van der Waals surface area contributed by atoms with E-state index in [0.717, 1.165) is 0 Å². The minimum absolute atomic E-state index is 0.256. The van der Waals surface area contributed by atoms with Crippen LogP contribution in [0.1, 0.15) is 5.56 Å². The Morgan fingerprint density at radius 3 is 2.65 bits per heavy atom. The minimum Gasteiger partial charge on any atom is -0.491 e. The maximum atomic E-state index is 13.6. The van der Waals surface area contributed by atoms with E-state index in [-0.39, 0.29) is 5.82 Å². The number of aromatic nitrogens is 2. The summed E-state index contributed by atoms with van der Waals surface area (Å²) in [5, 5.41) is 3.16. The summed E-state index contributed by atoms with van der Waals surface area (Å²) in [6.45, 7) is 1.72. The van der Waals surface area contributed by atoms with Crippen molar-refractivity contribution in [1.29, 1.82) is 0 Å². The van der Waals surface area contributed by atoms with E-state index in [1.54, 1.807) is 32.4 Å². The Kier molecular flexibility index (Phi) is 3.97. The minimum atomic E-state index is -0.256. The highest BCUT2D eigenvalue weighted by molar-refractivity contribution is 5.81. The molecule has 0 saturated heterocycles. The zero-order chi connectivity index (χ0) is 16.4. The molecule has 0 unspecified atom stereocenters. The largest absolute Gasteiger partial charge is 0.491 e. The van der Waals surface area contributed by atoms with E-state index in [0.29, 0.717) is 39.6 Å². The van der Waals surface area contributed by atoms with Crippen molar-refractivity contribution < 1.29 is 13.9 Å². The average Bonchev–Trinajstić information content (AvgIpc) is 2.57. The molecule has 23 heavy (non-hydrogen) atoms. The Morgan fingerprint density at radius 1 is 1.09 bits per heavy atom. The predicted octanol–water partition coefficient (Wildman–Crippen LogP) is 3.84. The molecule has 2 heterocycles. The SMILES string of the molecule is COc1cc2ncc(Nc3cccc(F)c3C)cc2nc1OC. The van der Waals surface area contributed by atoms with Crippen LogP contribution in [-0.2, 0) is 0 Å². The lowest BCUT2D eigenvalue weighted by atomic mass is 10.2. The van der Waals surface area contributed by atoms with E-state index in [4.69, 9.17) is 9.47 Å². The molecule has 1 N–H and O–H groups in total. The molecule has 118 valence electrons. The molecule has 3 aromatic rings. The topological polar surface area (TPSA) is 56.3 Å². The van der Waals surface area contributed by atoms with Crippen molar-refractivity contribution in [3.05, 3.63) is 47.9 Å². The molecule has 0 amide bonds. The summed E-state index contributed by atoms with van der Waals surface area (Å²) < 4.78 is 24.0. The second-order valence-corrected chi connectivity index (χ2v) is 5.00. The molecule has 0 aliphatic carbocycles. The Morgan fingerprint density at radius 2 is 1.91 bits per heavy atom. The van der Waals surface area contributed by atoms with Gasteiger partial charge in [-0.15, -0.1) is 0 Å². The van der Waals surface area contributed by atoms with Gasteiger partial charge in [-0.05, 0) is 25.1 Å². The maximum Gasteiger partial charge on any atom is 0.257 e. The van der Waals surface area contributed by atoms with E-state index < -0.39 is 0 Å². The smallest absolute Gasteiger partial charge is 0.257 e. The first-order valence-electron chi connectivity index (χ1n) is 7.03. The van der Waals surface area contributed by atoms with Crippen LogP contribution in [0.25, 0.3) is 11.0 Å². The van der Waals surface area contributed by atoms with Gasteiger partial charge in [0.2, 0.25) is 0 Å². The number of benzene rings is 1. The lowest BCUT2D eigenvalue weighted by Gasteiger charge is -2.11. The van der Waals surface area contributed by atoms with Crippen molar-refractivity contribution in [3.8, 4) is 11.6 Å². The second-order valence-electron chi connectivity index (χ2n) is 5.00. The number of methoxy groups -OCH3 is 2. The van der Waals surface area contributed by atoms with E-state index in [9.17, 15) is 4.39 Å². The molecule has 0 fully saturated rings. The van der Waals surface area contributed by atoms with Crippen LogP contribution in [0.4, 0.5) is 15.8 Å². The Balaban J connectivity index is 2.01. The van der Waals surface area contributed by atoms with Gasteiger partial charge in [0.05, 0.1) is 37.1 Å². The van der Waals surface area contributed by atoms with Gasteiger partial charge in [0, 0.05) is 17.3 Å². The van der Waals surface area contributed by atoms with Gasteiger partial charge in [-0.3, -0.25) is 4.98 Å². The van der Waals surface area contributed by atoms with Crippen LogP contribution < -0.4 is 14.8 Å². The highest BCUT2D eigenvalue weighted by Gasteiger charge is 2.10. The third-order valence-electron chi connectivity index (χ3n) is 3.56. The van der Waals surface area contributed by atoms with Crippen LogP contribution in [0.5, 0.6) is 11.6 Å². The zero-order valence-corrected chi connectivity index (χ0v) is 13.1. The Bertz CT molecular complexity index is 868. The van der Waals surface area contributed by atoms with Gasteiger partial charge < -0.3 is 14.8 Å². The maximum absolute atomic E-state index is 13.6. The molecule has 1 aromatic carbocycles. The molecule has 0 saturated carbocycles. The van der Waals surface area contributed by atoms with E-state index >= 15 is 0 Å². The number of anilines is 2. The second kappa shape index (κ2) is 6.08. The van der Waals surface area contributed by atoms with Gasteiger partial charge in [0.1, 0.15) is 5.82 Å². The number of halogens is 1. The van der Waals surface area contributed by atoms with Gasteiger partial charge in [-0.25, -0.2) is 9.37 Å². The summed E-state index contributed by atoms with van der Waals surface area (Å²) in [6, 6.07) is 8.49. The van der Waals surface area contributed by atoms with E-state index in [1.807, 2.05) is 12.1 Å². The van der Waals surface area contributed by atoms with Crippen molar-refractivity contribution in [2.24, 2.45) is 0 Å². The highest BCUT2D eigenvalue weighted by Crippen LogP contribution is 2.30. The van der Waals surface area contributed by atoms with Crippen molar-refractivity contribution in [3.63, 3.8) is 0 Å². The number of hydrogen-bond donors (Lipinski definition) is 1. The third-order valence-corrected chi connectivity index (χ3v) is 3.56. The average molecular weight is 313 g/mol. The third kappa shape index (κ3) is 2.88. The molecule has 0 aliphatic rings. The van der Waals surface area contributed by atoms with Crippen molar-refractivity contribution in [2.75, 3.05) is 19.5 Å². The van der Waals surface area contributed by atoms with Crippen LogP contribution in [-0.4, -0.2) is 24.2 Å². The molecule has 3 rings (SSSR count). The Hall–Kier alpha value is -2.89. The van der Waals surface area contributed by atoms with Gasteiger partial charge in [0.25, 0.3) is 5.88 Å². The first-order valence-corrected chi connectivity index (χ1v) is 7.03. The molecule has 0 aliphatic heterocycles. The summed E-state index contributed by atoms with van der Waals surface area (Å²) in [6.07, 6.45) is 1.67. The van der Waals surface area contributed by atoms with Gasteiger partial charge in [-0.1, -0.05) is 6.07 Å². The van der Waals surface area contributed by atoms with Crippen molar-refractivity contribution >= 4 is 22.4 Å². The molecular weight excluding hydrogens is 297 g/mol. The normalized spacial score (nSPS) is 10.6. The molecule has 5 nitrogen and oxygen atoms in total. The Labute approximate surface area is 133 Å². The van der Waals surface area contributed by atoms with Crippen LogP contribution in [0.15, 0.2) is 36.5 Å². The summed E-state index contributed by atoms with van der Waals surface area (Å²) in [5.41, 5.74) is 3.29. The van der Waals surface area contributed by atoms with E-state index in [2.05, 4.69) is 15.3 Å². The number of nitrogens with zero attached hydrogens (tertiary/aromatic N) is 2. The number of hydrogen-bond acceptors (Lipinski definition) is 5.